The van der Waals surface area contributed by atoms with Crippen molar-refractivity contribution in [3.63, 3.8) is 0 Å². The molecule has 21 heavy (non-hydrogen) atoms. The molecule has 0 spiro atoms. The van der Waals surface area contributed by atoms with Crippen molar-refractivity contribution < 1.29 is 8.42 Å². The molecule has 1 fully saturated rings. The van der Waals surface area contributed by atoms with Crippen LogP contribution in [0, 0.1) is 30.1 Å². The largest absolute Gasteiger partial charge is 0.241 e. The van der Waals surface area contributed by atoms with Gasteiger partial charge in [0, 0.05) is 6.04 Å². The zero-order chi connectivity index (χ0) is 15.6. The maximum absolute atomic E-state index is 12.6. The molecule has 4 nitrogen and oxygen atoms in total. The molecule has 0 aromatic heterocycles. The zero-order valence-electron chi connectivity index (χ0n) is 12.8. The lowest BCUT2D eigenvalue weighted by molar-refractivity contribution is 0.242. The number of rotatable bonds is 3. The first kappa shape index (κ1) is 16.0. The normalized spacial score (nSPS) is 26.3. The minimum absolute atomic E-state index is 0.00802. The van der Waals surface area contributed by atoms with Gasteiger partial charge in [0.1, 0.15) is 0 Å². The predicted octanol–water partition coefficient (Wildman–Crippen LogP) is 2.97. The van der Waals surface area contributed by atoms with Crippen molar-refractivity contribution in [3.8, 4) is 6.07 Å². The Morgan fingerprint density at radius 3 is 2.57 bits per heavy atom. The van der Waals surface area contributed by atoms with E-state index in [-0.39, 0.29) is 10.9 Å². The lowest BCUT2D eigenvalue weighted by Gasteiger charge is -2.32. The smallest absolute Gasteiger partial charge is 0.208 e. The molecule has 5 heteroatoms. The molecule has 1 aromatic carbocycles. The van der Waals surface area contributed by atoms with Crippen LogP contribution in [0.3, 0.4) is 0 Å². The van der Waals surface area contributed by atoms with Crippen LogP contribution < -0.4 is 4.72 Å². The molecule has 0 amide bonds. The fraction of sp³-hybridized carbons (Fsp3) is 0.562. The summed E-state index contributed by atoms with van der Waals surface area (Å²) in [5.41, 5.74) is 1.03. The van der Waals surface area contributed by atoms with Crippen LogP contribution in [0.1, 0.15) is 44.2 Å². The number of nitrogens with one attached hydrogen (secondary N) is 1. The average molecular weight is 306 g/mol. The van der Waals surface area contributed by atoms with Crippen molar-refractivity contribution in [2.75, 3.05) is 0 Å². The number of hydrogen-bond donors (Lipinski definition) is 1. The fourth-order valence-corrected chi connectivity index (χ4v) is 4.45. The third-order valence-electron chi connectivity index (χ3n) is 4.53. The number of aryl methyl sites for hydroxylation is 1. The number of benzene rings is 1. The molecular formula is C16H22N2O2S. The highest BCUT2D eigenvalue weighted by Crippen LogP contribution is 2.30. The van der Waals surface area contributed by atoms with Gasteiger partial charge >= 0.3 is 0 Å². The molecule has 1 aliphatic rings. The molecular weight excluding hydrogens is 284 g/mol. The van der Waals surface area contributed by atoms with E-state index in [1.54, 1.807) is 19.1 Å². The van der Waals surface area contributed by atoms with Gasteiger partial charge < -0.3 is 0 Å². The molecule has 1 aliphatic carbocycles. The number of hydrogen-bond acceptors (Lipinski definition) is 3. The van der Waals surface area contributed by atoms with E-state index >= 15 is 0 Å². The summed E-state index contributed by atoms with van der Waals surface area (Å²) in [4.78, 5) is 0.216. The standard InChI is InChI=1S/C16H22N2O2S/c1-11-5-7-15(8-13(11)3)18-21(19,20)16-9-14(10-17)6-4-12(16)2/h4,6,9,11,13,15,18H,5,7-8H2,1-3H3. The molecule has 0 bridgehead atoms. The van der Waals surface area contributed by atoms with Gasteiger partial charge in [0.2, 0.25) is 10.0 Å². The Labute approximate surface area is 127 Å². The van der Waals surface area contributed by atoms with Crippen molar-refractivity contribution in [2.24, 2.45) is 11.8 Å². The number of nitrogens with zero attached hydrogens (tertiary/aromatic N) is 1. The van der Waals surface area contributed by atoms with E-state index in [1.807, 2.05) is 6.07 Å². The van der Waals surface area contributed by atoms with E-state index in [4.69, 9.17) is 5.26 Å². The van der Waals surface area contributed by atoms with E-state index in [1.165, 1.54) is 6.07 Å². The topological polar surface area (TPSA) is 70.0 Å². The van der Waals surface area contributed by atoms with E-state index < -0.39 is 10.0 Å². The lowest BCUT2D eigenvalue weighted by Crippen LogP contribution is -2.40. The van der Waals surface area contributed by atoms with Gasteiger partial charge in [-0.2, -0.15) is 5.26 Å². The fourth-order valence-electron chi connectivity index (χ4n) is 2.90. The van der Waals surface area contributed by atoms with Gasteiger partial charge in [-0.3, -0.25) is 0 Å². The summed E-state index contributed by atoms with van der Waals surface area (Å²) in [7, 11) is -3.57. The Morgan fingerprint density at radius 1 is 1.24 bits per heavy atom. The summed E-state index contributed by atoms with van der Waals surface area (Å²) in [6.07, 6.45) is 2.80. The van der Waals surface area contributed by atoms with Gasteiger partial charge in [0.05, 0.1) is 16.5 Å². The van der Waals surface area contributed by atoms with Gasteiger partial charge in [-0.1, -0.05) is 19.9 Å². The minimum Gasteiger partial charge on any atom is -0.208 e. The van der Waals surface area contributed by atoms with Gasteiger partial charge in [-0.25, -0.2) is 13.1 Å². The quantitative estimate of drug-likeness (QED) is 0.933. The van der Waals surface area contributed by atoms with E-state index in [0.717, 1.165) is 19.3 Å². The first-order valence-electron chi connectivity index (χ1n) is 7.36. The Bertz CT molecular complexity index is 661. The van der Waals surface area contributed by atoms with Crippen molar-refractivity contribution >= 4 is 10.0 Å². The molecule has 114 valence electrons. The van der Waals surface area contributed by atoms with Crippen LogP contribution in [0.15, 0.2) is 23.1 Å². The summed E-state index contributed by atoms with van der Waals surface area (Å²) < 4.78 is 27.9. The van der Waals surface area contributed by atoms with Gasteiger partial charge in [0.25, 0.3) is 0 Å². The maximum Gasteiger partial charge on any atom is 0.241 e. The van der Waals surface area contributed by atoms with Crippen molar-refractivity contribution in [3.05, 3.63) is 29.3 Å². The summed E-state index contributed by atoms with van der Waals surface area (Å²) >= 11 is 0. The van der Waals surface area contributed by atoms with Crippen molar-refractivity contribution in [1.29, 1.82) is 5.26 Å². The van der Waals surface area contributed by atoms with Gasteiger partial charge in [0.15, 0.2) is 0 Å². The molecule has 1 aromatic rings. The predicted molar refractivity (Wildman–Crippen MR) is 82.2 cm³/mol. The molecule has 3 unspecified atom stereocenters. The third-order valence-corrected chi connectivity index (χ3v) is 6.19. The highest BCUT2D eigenvalue weighted by Gasteiger charge is 2.28. The second-order valence-electron chi connectivity index (χ2n) is 6.18. The Kier molecular flexibility index (Phi) is 4.70. The molecule has 0 aliphatic heterocycles. The maximum atomic E-state index is 12.6. The number of sulfonamides is 1. The van der Waals surface area contributed by atoms with Crippen LogP contribution in [0.25, 0.3) is 0 Å². The Morgan fingerprint density at radius 2 is 1.95 bits per heavy atom. The molecule has 0 heterocycles. The number of nitriles is 1. The third kappa shape index (κ3) is 3.63. The summed E-state index contributed by atoms with van der Waals surface area (Å²) in [5.74, 6) is 1.17. The highest BCUT2D eigenvalue weighted by molar-refractivity contribution is 7.89. The highest BCUT2D eigenvalue weighted by atomic mass is 32.2. The lowest BCUT2D eigenvalue weighted by atomic mass is 9.79. The summed E-state index contributed by atoms with van der Waals surface area (Å²) in [5, 5.41) is 8.94. The molecule has 2 rings (SSSR count). The van der Waals surface area contributed by atoms with Crippen LogP contribution in [-0.2, 0) is 10.0 Å². The monoisotopic (exact) mass is 306 g/mol. The van der Waals surface area contributed by atoms with Gasteiger partial charge in [-0.05, 0) is 55.7 Å². The van der Waals surface area contributed by atoms with Crippen LogP contribution >= 0.6 is 0 Å². The second kappa shape index (κ2) is 6.17. The SMILES string of the molecule is Cc1ccc(C#N)cc1S(=O)(=O)NC1CCC(C)C(C)C1. The van der Waals surface area contributed by atoms with Crippen molar-refractivity contribution in [2.45, 2.75) is 51.0 Å². The first-order chi connectivity index (χ1) is 9.83. The van der Waals surface area contributed by atoms with Crippen LogP contribution in [0.4, 0.5) is 0 Å². The van der Waals surface area contributed by atoms with E-state index in [9.17, 15) is 8.42 Å². The Balaban J connectivity index is 2.21. The minimum atomic E-state index is -3.57. The van der Waals surface area contributed by atoms with E-state index in [2.05, 4.69) is 18.6 Å². The second-order valence-corrected chi connectivity index (χ2v) is 7.86. The summed E-state index contributed by atoms with van der Waals surface area (Å²) in [6, 6.07) is 6.75. The van der Waals surface area contributed by atoms with Crippen LogP contribution in [-0.4, -0.2) is 14.5 Å². The molecule has 0 radical (unpaired) electrons. The molecule has 1 N–H and O–H groups in total. The summed E-state index contributed by atoms with van der Waals surface area (Å²) in [6.45, 7) is 6.14. The Hall–Kier alpha value is -1.38. The first-order valence-corrected chi connectivity index (χ1v) is 8.85. The van der Waals surface area contributed by atoms with Crippen LogP contribution in [0.2, 0.25) is 0 Å². The molecule has 1 saturated carbocycles. The van der Waals surface area contributed by atoms with Crippen molar-refractivity contribution in [1.82, 2.24) is 4.72 Å². The zero-order valence-corrected chi connectivity index (χ0v) is 13.6. The molecule has 3 atom stereocenters. The average Bonchev–Trinajstić information content (AvgIpc) is 2.43. The van der Waals surface area contributed by atoms with Crippen LogP contribution in [0.5, 0.6) is 0 Å². The molecule has 0 saturated heterocycles. The van der Waals surface area contributed by atoms with E-state index in [0.29, 0.717) is 23.0 Å². The van der Waals surface area contributed by atoms with Gasteiger partial charge in [-0.15, -0.1) is 0 Å².